The lowest BCUT2D eigenvalue weighted by molar-refractivity contribution is 0.200. The highest BCUT2D eigenvalue weighted by Gasteiger charge is 2.31. The molecule has 0 radical (unpaired) electrons. The van der Waals surface area contributed by atoms with E-state index >= 15 is 0 Å². The number of halogens is 1. The summed E-state index contributed by atoms with van der Waals surface area (Å²) in [5.74, 6) is 0.297. The average Bonchev–Trinajstić information content (AvgIpc) is 2.69. The standard InChI is InChI=1S/C13H20FN3/c1-9-3-11(5-15)8-17(9)10(2)12-4-13(14)7-16-6-12/h4,6-7,9-11H,3,5,8,15H2,1-2H3. The molecule has 2 rings (SSSR count). The molecule has 0 saturated carbocycles. The van der Waals surface area contributed by atoms with Crippen LogP contribution in [0, 0.1) is 11.7 Å². The predicted molar refractivity (Wildman–Crippen MR) is 65.9 cm³/mol. The van der Waals surface area contributed by atoms with Gasteiger partial charge in [-0.1, -0.05) is 0 Å². The van der Waals surface area contributed by atoms with Crippen LogP contribution in [-0.2, 0) is 0 Å². The van der Waals surface area contributed by atoms with E-state index in [0.29, 0.717) is 12.0 Å². The number of rotatable bonds is 3. The fourth-order valence-corrected chi connectivity index (χ4v) is 2.73. The molecular weight excluding hydrogens is 217 g/mol. The molecule has 1 aliphatic heterocycles. The Hall–Kier alpha value is -1.00. The molecule has 3 nitrogen and oxygen atoms in total. The molecule has 2 N–H and O–H groups in total. The minimum Gasteiger partial charge on any atom is -0.330 e. The van der Waals surface area contributed by atoms with Gasteiger partial charge in [-0.05, 0) is 44.4 Å². The van der Waals surface area contributed by atoms with Gasteiger partial charge in [-0.15, -0.1) is 0 Å². The second-order valence-corrected chi connectivity index (χ2v) is 5.00. The predicted octanol–water partition coefficient (Wildman–Crippen LogP) is 1.95. The quantitative estimate of drug-likeness (QED) is 0.873. The SMILES string of the molecule is CC1CC(CN)CN1C(C)c1cncc(F)c1. The molecule has 0 spiro atoms. The number of hydrogen-bond acceptors (Lipinski definition) is 3. The lowest BCUT2D eigenvalue weighted by Gasteiger charge is -2.28. The van der Waals surface area contributed by atoms with Crippen LogP contribution in [0.5, 0.6) is 0 Å². The first-order valence-electron chi connectivity index (χ1n) is 6.18. The number of nitrogens with two attached hydrogens (primary N) is 1. The van der Waals surface area contributed by atoms with Crippen molar-refractivity contribution in [2.45, 2.75) is 32.4 Å². The summed E-state index contributed by atoms with van der Waals surface area (Å²) in [6, 6.07) is 2.27. The van der Waals surface area contributed by atoms with Crippen LogP contribution in [-0.4, -0.2) is 29.0 Å². The molecule has 0 aliphatic carbocycles. The molecule has 3 atom stereocenters. The van der Waals surface area contributed by atoms with Crippen molar-refractivity contribution in [3.8, 4) is 0 Å². The molecule has 17 heavy (non-hydrogen) atoms. The van der Waals surface area contributed by atoms with Crippen molar-refractivity contribution < 1.29 is 4.39 Å². The van der Waals surface area contributed by atoms with E-state index in [2.05, 4.69) is 23.7 Å². The number of hydrogen-bond donors (Lipinski definition) is 1. The van der Waals surface area contributed by atoms with E-state index in [1.165, 1.54) is 6.20 Å². The molecule has 1 fully saturated rings. The molecule has 94 valence electrons. The first-order chi connectivity index (χ1) is 8.11. The van der Waals surface area contributed by atoms with Gasteiger partial charge in [0, 0.05) is 24.8 Å². The van der Waals surface area contributed by atoms with Crippen molar-refractivity contribution in [2.24, 2.45) is 11.7 Å². The monoisotopic (exact) mass is 237 g/mol. The molecule has 2 heterocycles. The summed E-state index contributed by atoms with van der Waals surface area (Å²) in [6.07, 6.45) is 4.12. The maximum Gasteiger partial charge on any atom is 0.141 e. The van der Waals surface area contributed by atoms with Crippen molar-refractivity contribution in [1.82, 2.24) is 9.88 Å². The minimum absolute atomic E-state index is 0.199. The Morgan fingerprint density at radius 3 is 2.94 bits per heavy atom. The van der Waals surface area contributed by atoms with Crippen LogP contribution < -0.4 is 5.73 Å². The van der Waals surface area contributed by atoms with E-state index in [9.17, 15) is 4.39 Å². The van der Waals surface area contributed by atoms with Gasteiger partial charge in [0.05, 0.1) is 6.20 Å². The maximum absolute atomic E-state index is 13.2. The molecule has 1 aliphatic rings. The number of pyridine rings is 1. The van der Waals surface area contributed by atoms with Crippen LogP contribution in [0.3, 0.4) is 0 Å². The van der Waals surface area contributed by atoms with Crippen molar-refractivity contribution in [2.75, 3.05) is 13.1 Å². The summed E-state index contributed by atoms with van der Waals surface area (Å²) >= 11 is 0. The van der Waals surface area contributed by atoms with Gasteiger partial charge in [0.2, 0.25) is 0 Å². The van der Waals surface area contributed by atoms with Gasteiger partial charge in [0.25, 0.3) is 0 Å². The summed E-state index contributed by atoms with van der Waals surface area (Å²) in [5.41, 5.74) is 6.66. The van der Waals surface area contributed by atoms with Crippen molar-refractivity contribution in [3.63, 3.8) is 0 Å². The summed E-state index contributed by atoms with van der Waals surface area (Å²) in [6.45, 7) is 6.04. The van der Waals surface area contributed by atoms with E-state index in [1.54, 1.807) is 12.3 Å². The zero-order valence-electron chi connectivity index (χ0n) is 10.4. The van der Waals surface area contributed by atoms with Gasteiger partial charge >= 0.3 is 0 Å². The third kappa shape index (κ3) is 2.64. The van der Waals surface area contributed by atoms with E-state index in [4.69, 9.17) is 5.73 Å². The normalized spacial score (nSPS) is 27.3. The molecular formula is C13H20FN3. The summed E-state index contributed by atoms with van der Waals surface area (Å²) in [7, 11) is 0. The number of likely N-dealkylation sites (tertiary alicyclic amines) is 1. The highest BCUT2D eigenvalue weighted by atomic mass is 19.1. The van der Waals surface area contributed by atoms with Crippen molar-refractivity contribution in [3.05, 3.63) is 29.8 Å². The molecule has 1 aromatic heterocycles. The summed E-state index contributed by atoms with van der Waals surface area (Å²) in [5, 5.41) is 0. The summed E-state index contributed by atoms with van der Waals surface area (Å²) in [4.78, 5) is 6.30. The molecule has 0 aromatic carbocycles. The van der Waals surface area contributed by atoms with Gasteiger partial charge in [-0.3, -0.25) is 9.88 Å². The van der Waals surface area contributed by atoms with Gasteiger partial charge < -0.3 is 5.73 Å². The fourth-order valence-electron chi connectivity index (χ4n) is 2.73. The Bertz CT molecular complexity index is 383. The number of nitrogens with zero attached hydrogens (tertiary/aromatic N) is 2. The topological polar surface area (TPSA) is 42.1 Å². The third-order valence-electron chi connectivity index (χ3n) is 3.75. The first kappa shape index (κ1) is 12.5. The van der Waals surface area contributed by atoms with Gasteiger partial charge in [-0.2, -0.15) is 0 Å². The Morgan fingerprint density at radius 2 is 2.35 bits per heavy atom. The second-order valence-electron chi connectivity index (χ2n) is 5.00. The Balaban J connectivity index is 2.12. The van der Waals surface area contributed by atoms with Gasteiger partial charge in [0.15, 0.2) is 0 Å². The fraction of sp³-hybridized carbons (Fsp3) is 0.615. The van der Waals surface area contributed by atoms with Crippen LogP contribution >= 0.6 is 0 Å². The second kappa shape index (κ2) is 5.10. The lowest BCUT2D eigenvalue weighted by atomic mass is 10.1. The first-order valence-corrected chi connectivity index (χ1v) is 6.18. The average molecular weight is 237 g/mol. The van der Waals surface area contributed by atoms with Gasteiger partial charge in [-0.25, -0.2) is 4.39 Å². The minimum atomic E-state index is -0.267. The molecule has 0 amide bonds. The molecule has 3 unspecified atom stereocenters. The zero-order valence-corrected chi connectivity index (χ0v) is 10.4. The Labute approximate surface area is 102 Å². The maximum atomic E-state index is 13.2. The highest BCUT2D eigenvalue weighted by Crippen LogP contribution is 2.31. The van der Waals surface area contributed by atoms with Crippen LogP contribution in [0.1, 0.15) is 31.9 Å². The zero-order chi connectivity index (χ0) is 12.4. The van der Waals surface area contributed by atoms with Crippen molar-refractivity contribution in [1.29, 1.82) is 0 Å². The van der Waals surface area contributed by atoms with E-state index in [1.807, 2.05) is 0 Å². The third-order valence-corrected chi connectivity index (χ3v) is 3.75. The highest BCUT2D eigenvalue weighted by molar-refractivity contribution is 5.15. The summed E-state index contributed by atoms with van der Waals surface area (Å²) < 4.78 is 13.2. The number of aromatic nitrogens is 1. The molecule has 1 aromatic rings. The largest absolute Gasteiger partial charge is 0.330 e. The lowest BCUT2D eigenvalue weighted by Crippen LogP contribution is -2.31. The van der Waals surface area contributed by atoms with Crippen LogP contribution in [0.2, 0.25) is 0 Å². The smallest absolute Gasteiger partial charge is 0.141 e. The molecule has 0 bridgehead atoms. The van der Waals surface area contributed by atoms with Crippen LogP contribution in [0.15, 0.2) is 18.5 Å². The van der Waals surface area contributed by atoms with E-state index in [-0.39, 0.29) is 11.9 Å². The van der Waals surface area contributed by atoms with Crippen molar-refractivity contribution >= 4 is 0 Å². The molecule has 1 saturated heterocycles. The Kier molecular flexibility index (Phi) is 3.74. The molecule has 4 heteroatoms. The van der Waals surface area contributed by atoms with Gasteiger partial charge in [0.1, 0.15) is 5.82 Å². The van der Waals surface area contributed by atoms with Crippen LogP contribution in [0.25, 0.3) is 0 Å². The van der Waals surface area contributed by atoms with E-state index < -0.39 is 0 Å². The van der Waals surface area contributed by atoms with E-state index in [0.717, 1.165) is 25.1 Å². The van der Waals surface area contributed by atoms with Crippen LogP contribution in [0.4, 0.5) is 4.39 Å². The Morgan fingerprint density at radius 1 is 1.59 bits per heavy atom.